The quantitative estimate of drug-likeness (QED) is 0.690. The summed E-state index contributed by atoms with van der Waals surface area (Å²) in [5, 5.41) is 3.51. The zero-order valence-electron chi connectivity index (χ0n) is 13.9. The molecule has 4 heteroatoms. The van der Waals surface area contributed by atoms with Crippen LogP contribution in [0.2, 0.25) is 5.02 Å². The summed E-state index contributed by atoms with van der Waals surface area (Å²) < 4.78 is 2.15. The third kappa shape index (κ3) is 3.22. The van der Waals surface area contributed by atoms with Crippen LogP contribution < -0.4 is 5.32 Å². The van der Waals surface area contributed by atoms with E-state index in [1.165, 1.54) is 11.4 Å². The summed E-state index contributed by atoms with van der Waals surface area (Å²) in [6.45, 7) is 6.06. The van der Waals surface area contributed by atoms with E-state index in [0.29, 0.717) is 16.3 Å². The zero-order chi connectivity index (χ0) is 17.3. The second kappa shape index (κ2) is 6.54. The highest BCUT2D eigenvalue weighted by Gasteiger charge is 2.09. The molecule has 3 nitrogen and oxygen atoms in total. The van der Waals surface area contributed by atoms with Crippen molar-refractivity contribution in [2.75, 3.05) is 5.32 Å². The van der Waals surface area contributed by atoms with Gasteiger partial charge in [-0.1, -0.05) is 17.7 Å². The SMILES string of the molecule is Cc1ccc(NC(=O)c2ccc(-n3c(C)ccc3C)cc2)cc1Cl. The van der Waals surface area contributed by atoms with Gasteiger partial charge in [0.2, 0.25) is 0 Å². The Balaban J connectivity index is 1.80. The van der Waals surface area contributed by atoms with E-state index in [1.807, 2.05) is 43.3 Å². The van der Waals surface area contributed by atoms with Crippen molar-refractivity contribution in [1.29, 1.82) is 0 Å². The van der Waals surface area contributed by atoms with Gasteiger partial charge in [0.1, 0.15) is 0 Å². The number of halogens is 1. The number of amides is 1. The van der Waals surface area contributed by atoms with Gasteiger partial charge in [-0.2, -0.15) is 0 Å². The number of aryl methyl sites for hydroxylation is 3. The van der Waals surface area contributed by atoms with Gasteiger partial charge in [-0.15, -0.1) is 0 Å². The van der Waals surface area contributed by atoms with Crippen molar-refractivity contribution in [1.82, 2.24) is 4.57 Å². The number of aromatic nitrogens is 1. The average Bonchev–Trinajstić information content (AvgIpc) is 2.90. The number of carbonyl (C=O) groups excluding carboxylic acids is 1. The summed E-state index contributed by atoms with van der Waals surface area (Å²) in [5.74, 6) is -0.151. The molecule has 2 aromatic carbocycles. The van der Waals surface area contributed by atoms with Crippen molar-refractivity contribution < 1.29 is 4.79 Å². The minimum absolute atomic E-state index is 0.151. The van der Waals surface area contributed by atoms with Gasteiger partial charge in [-0.3, -0.25) is 4.79 Å². The molecule has 0 aliphatic carbocycles. The van der Waals surface area contributed by atoms with Gasteiger partial charge < -0.3 is 9.88 Å². The minimum Gasteiger partial charge on any atom is -0.322 e. The Kier molecular flexibility index (Phi) is 4.45. The Bertz CT molecular complexity index is 875. The Hall–Kier alpha value is -2.52. The summed E-state index contributed by atoms with van der Waals surface area (Å²) in [4.78, 5) is 12.4. The predicted octanol–water partition coefficient (Wildman–Crippen LogP) is 5.31. The van der Waals surface area contributed by atoms with E-state index in [1.54, 1.807) is 6.07 Å². The fraction of sp³-hybridized carbons (Fsp3) is 0.150. The molecule has 1 aromatic heterocycles. The number of nitrogens with one attached hydrogen (secondary N) is 1. The van der Waals surface area contributed by atoms with Gasteiger partial charge >= 0.3 is 0 Å². The molecule has 0 atom stereocenters. The summed E-state index contributed by atoms with van der Waals surface area (Å²) in [6, 6.07) is 17.2. The third-order valence-corrected chi connectivity index (χ3v) is 4.50. The molecule has 0 radical (unpaired) electrons. The van der Waals surface area contributed by atoms with E-state index in [0.717, 1.165) is 11.3 Å². The van der Waals surface area contributed by atoms with Crippen molar-refractivity contribution in [2.45, 2.75) is 20.8 Å². The van der Waals surface area contributed by atoms with Crippen molar-refractivity contribution >= 4 is 23.2 Å². The molecular weight excluding hydrogens is 320 g/mol. The smallest absolute Gasteiger partial charge is 0.255 e. The number of hydrogen-bond donors (Lipinski definition) is 1. The lowest BCUT2D eigenvalue weighted by atomic mass is 10.1. The molecular formula is C20H19ClN2O. The van der Waals surface area contributed by atoms with E-state index >= 15 is 0 Å². The van der Waals surface area contributed by atoms with Crippen LogP contribution in [0.25, 0.3) is 5.69 Å². The fourth-order valence-corrected chi connectivity index (χ4v) is 2.89. The van der Waals surface area contributed by atoms with Gasteiger partial charge in [0.05, 0.1) is 0 Å². The molecule has 122 valence electrons. The van der Waals surface area contributed by atoms with E-state index in [9.17, 15) is 4.79 Å². The van der Waals surface area contributed by atoms with Crippen LogP contribution in [-0.4, -0.2) is 10.5 Å². The normalized spacial score (nSPS) is 10.7. The van der Waals surface area contributed by atoms with Crippen LogP contribution in [0.5, 0.6) is 0 Å². The number of carbonyl (C=O) groups is 1. The minimum atomic E-state index is -0.151. The van der Waals surface area contributed by atoms with E-state index in [2.05, 4.69) is 35.9 Å². The van der Waals surface area contributed by atoms with Crippen LogP contribution in [0.4, 0.5) is 5.69 Å². The van der Waals surface area contributed by atoms with Gasteiger partial charge in [0.25, 0.3) is 5.91 Å². The maximum atomic E-state index is 12.4. The lowest BCUT2D eigenvalue weighted by molar-refractivity contribution is 0.102. The first kappa shape index (κ1) is 16.3. The highest BCUT2D eigenvalue weighted by molar-refractivity contribution is 6.31. The second-order valence-corrected chi connectivity index (χ2v) is 6.32. The zero-order valence-corrected chi connectivity index (χ0v) is 14.7. The molecule has 0 saturated carbocycles. The van der Waals surface area contributed by atoms with E-state index in [-0.39, 0.29) is 5.91 Å². The summed E-state index contributed by atoms with van der Waals surface area (Å²) >= 11 is 6.10. The molecule has 0 bridgehead atoms. The Morgan fingerprint density at radius 3 is 2.12 bits per heavy atom. The Morgan fingerprint density at radius 1 is 0.917 bits per heavy atom. The molecule has 3 rings (SSSR count). The molecule has 1 N–H and O–H groups in total. The fourth-order valence-electron chi connectivity index (χ4n) is 2.71. The van der Waals surface area contributed by atoms with Crippen molar-refractivity contribution in [2.24, 2.45) is 0 Å². The van der Waals surface area contributed by atoms with Crippen LogP contribution in [-0.2, 0) is 0 Å². The van der Waals surface area contributed by atoms with Gasteiger partial charge in [0.15, 0.2) is 0 Å². The summed E-state index contributed by atoms with van der Waals surface area (Å²) in [7, 11) is 0. The second-order valence-electron chi connectivity index (χ2n) is 5.92. The molecule has 24 heavy (non-hydrogen) atoms. The summed E-state index contributed by atoms with van der Waals surface area (Å²) in [5.41, 5.74) is 5.66. The number of hydrogen-bond acceptors (Lipinski definition) is 1. The Labute approximate surface area is 146 Å². The van der Waals surface area contributed by atoms with Crippen LogP contribution in [0, 0.1) is 20.8 Å². The largest absolute Gasteiger partial charge is 0.322 e. The van der Waals surface area contributed by atoms with Gasteiger partial charge in [-0.25, -0.2) is 0 Å². The number of nitrogens with zero attached hydrogens (tertiary/aromatic N) is 1. The maximum absolute atomic E-state index is 12.4. The van der Waals surface area contributed by atoms with Crippen molar-refractivity contribution in [3.63, 3.8) is 0 Å². The number of benzene rings is 2. The highest BCUT2D eigenvalue weighted by Crippen LogP contribution is 2.21. The monoisotopic (exact) mass is 338 g/mol. The lowest BCUT2D eigenvalue weighted by Gasteiger charge is -2.11. The first-order chi connectivity index (χ1) is 11.5. The third-order valence-electron chi connectivity index (χ3n) is 4.09. The molecule has 0 saturated heterocycles. The van der Waals surface area contributed by atoms with Crippen LogP contribution >= 0.6 is 11.6 Å². The molecule has 0 spiro atoms. The topological polar surface area (TPSA) is 34.0 Å². The molecule has 0 unspecified atom stereocenters. The number of anilines is 1. The summed E-state index contributed by atoms with van der Waals surface area (Å²) in [6.07, 6.45) is 0. The maximum Gasteiger partial charge on any atom is 0.255 e. The standard InChI is InChI=1S/C20H19ClN2O/c1-13-4-9-17(12-19(13)21)22-20(24)16-7-10-18(11-8-16)23-14(2)5-6-15(23)3/h4-12H,1-3H3,(H,22,24). The molecule has 1 amide bonds. The van der Waals surface area contributed by atoms with Crippen LogP contribution in [0.15, 0.2) is 54.6 Å². The average molecular weight is 339 g/mol. The van der Waals surface area contributed by atoms with E-state index in [4.69, 9.17) is 11.6 Å². The molecule has 1 heterocycles. The van der Waals surface area contributed by atoms with Crippen molar-refractivity contribution in [3.8, 4) is 5.69 Å². The molecule has 0 aliphatic heterocycles. The first-order valence-corrected chi connectivity index (χ1v) is 8.16. The van der Waals surface area contributed by atoms with Crippen molar-refractivity contribution in [3.05, 3.63) is 82.1 Å². The van der Waals surface area contributed by atoms with Gasteiger partial charge in [0, 0.05) is 33.3 Å². The predicted molar refractivity (Wildman–Crippen MR) is 99.4 cm³/mol. The van der Waals surface area contributed by atoms with Gasteiger partial charge in [-0.05, 0) is 74.9 Å². The lowest BCUT2D eigenvalue weighted by Crippen LogP contribution is -2.12. The molecule has 3 aromatic rings. The molecule has 0 aliphatic rings. The Morgan fingerprint density at radius 2 is 1.54 bits per heavy atom. The first-order valence-electron chi connectivity index (χ1n) is 7.78. The van der Waals surface area contributed by atoms with Crippen LogP contribution in [0.3, 0.4) is 0 Å². The van der Waals surface area contributed by atoms with E-state index < -0.39 is 0 Å². The molecule has 0 fully saturated rings. The highest BCUT2D eigenvalue weighted by atomic mass is 35.5. The number of rotatable bonds is 3. The van der Waals surface area contributed by atoms with Crippen LogP contribution in [0.1, 0.15) is 27.3 Å².